The maximum atomic E-state index is 11.4. The average Bonchev–Trinajstić information content (AvgIpc) is 2.45. The summed E-state index contributed by atoms with van der Waals surface area (Å²) in [6.07, 6.45) is 1.18. The van der Waals surface area contributed by atoms with Gasteiger partial charge in [0.2, 0.25) is 5.91 Å². The van der Waals surface area contributed by atoms with Crippen LogP contribution in [0, 0.1) is 0 Å². The number of rotatable bonds is 5. The number of sulfone groups is 1. The second kappa shape index (κ2) is 5.97. The quantitative estimate of drug-likeness (QED) is 0.881. The van der Waals surface area contributed by atoms with E-state index in [4.69, 9.17) is 5.73 Å². The summed E-state index contributed by atoms with van der Waals surface area (Å²) in [5, 5.41) is 3.18. The zero-order valence-electron chi connectivity index (χ0n) is 11.5. The molecule has 0 unspecified atom stereocenters. The fourth-order valence-corrected chi connectivity index (χ4v) is 2.44. The molecule has 0 saturated carbocycles. The highest BCUT2D eigenvalue weighted by atomic mass is 32.2. The van der Waals surface area contributed by atoms with E-state index in [1.807, 2.05) is 12.1 Å². The maximum absolute atomic E-state index is 11.4. The lowest BCUT2D eigenvalue weighted by molar-refractivity contribution is 0.100. The van der Waals surface area contributed by atoms with Gasteiger partial charge in [-0.25, -0.2) is 8.42 Å². The van der Waals surface area contributed by atoms with Crippen molar-refractivity contribution in [2.45, 2.75) is 11.4 Å². The number of amides is 1. The second-order valence-corrected chi connectivity index (χ2v) is 6.73. The first-order chi connectivity index (χ1) is 9.86. The van der Waals surface area contributed by atoms with Gasteiger partial charge < -0.3 is 11.1 Å². The zero-order valence-corrected chi connectivity index (χ0v) is 12.4. The van der Waals surface area contributed by atoms with Gasteiger partial charge in [-0.3, -0.25) is 4.79 Å². The number of carbonyl (C=O) groups is 1. The number of nitrogens with two attached hydrogens (primary N) is 1. The molecular weight excluding hydrogens is 288 g/mol. The minimum absolute atomic E-state index is 0.291. The van der Waals surface area contributed by atoms with Gasteiger partial charge in [-0.05, 0) is 42.0 Å². The lowest BCUT2D eigenvalue weighted by atomic mass is 10.1. The van der Waals surface area contributed by atoms with Gasteiger partial charge in [-0.1, -0.05) is 12.1 Å². The number of benzene rings is 2. The smallest absolute Gasteiger partial charge is 0.248 e. The first kappa shape index (κ1) is 15.1. The van der Waals surface area contributed by atoms with Gasteiger partial charge in [0.1, 0.15) is 0 Å². The Balaban J connectivity index is 2.01. The summed E-state index contributed by atoms with van der Waals surface area (Å²) in [4.78, 5) is 11.3. The van der Waals surface area contributed by atoms with Crippen LogP contribution in [0.1, 0.15) is 15.9 Å². The molecule has 0 bridgehead atoms. The molecule has 110 valence electrons. The van der Waals surface area contributed by atoms with E-state index >= 15 is 0 Å². The molecule has 2 aromatic rings. The fourth-order valence-electron chi connectivity index (χ4n) is 1.81. The molecule has 0 aromatic heterocycles. The Morgan fingerprint density at radius 3 is 2.10 bits per heavy atom. The van der Waals surface area contributed by atoms with Crippen LogP contribution < -0.4 is 11.1 Å². The predicted octanol–water partition coefficient (Wildman–Crippen LogP) is 1.80. The van der Waals surface area contributed by atoms with Crippen molar-refractivity contribution in [1.29, 1.82) is 0 Å². The Kier molecular flexibility index (Phi) is 4.28. The van der Waals surface area contributed by atoms with Gasteiger partial charge in [0, 0.05) is 24.1 Å². The van der Waals surface area contributed by atoms with Crippen molar-refractivity contribution in [3.63, 3.8) is 0 Å². The van der Waals surface area contributed by atoms with Gasteiger partial charge in [-0.2, -0.15) is 0 Å². The molecule has 21 heavy (non-hydrogen) atoms. The van der Waals surface area contributed by atoms with Crippen molar-refractivity contribution < 1.29 is 13.2 Å². The van der Waals surface area contributed by atoms with Gasteiger partial charge in [-0.15, -0.1) is 0 Å². The van der Waals surface area contributed by atoms with Crippen LogP contribution in [0.2, 0.25) is 0 Å². The molecule has 0 spiro atoms. The molecule has 0 radical (unpaired) electrons. The summed E-state index contributed by atoms with van der Waals surface area (Å²) in [5.74, 6) is -0.453. The fraction of sp³-hybridized carbons (Fsp3) is 0.133. The lowest BCUT2D eigenvalue weighted by Crippen LogP contribution is -2.10. The molecule has 2 rings (SSSR count). The number of anilines is 1. The van der Waals surface area contributed by atoms with Crippen LogP contribution >= 0.6 is 0 Å². The van der Waals surface area contributed by atoms with Crippen LogP contribution in [0.4, 0.5) is 5.69 Å². The van der Waals surface area contributed by atoms with Crippen LogP contribution in [0.15, 0.2) is 53.4 Å². The predicted molar refractivity (Wildman–Crippen MR) is 81.8 cm³/mol. The van der Waals surface area contributed by atoms with Crippen LogP contribution in [0.3, 0.4) is 0 Å². The first-order valence-electron chi connectivity index (χ1n) is 6.29. The zero-order chi connectivity index (χ0) is 15.5. The molecule has 0 aliphatic carbocycles. The van der Waals surface area contributed by atoms with Crippen LogP contribution in [0.5, 0.6) is 0 Å². The van der Waals surface area contributed by atoms with Crippen molar-refractivity contribution in [3.05, 3.63) is 59.7 Å². The summed E-state index contributed by atoms with van der Waals surface area (Å²) in [5.41, 5.74) is 7.46. The number of hydrogen-bond acceptors (Lipinski definition) is 4. The Morgan fingerprint density at radius 1 is 1.05 bits per heavy atom. The molecular formula is C15H16N2O3S. The van der Waals surface area contributed by atoms with Crippen molar-refractivity contribution >= 4 is 21.4 Å². The van der Waals surface area contributed by atoms with Gasteiger partial charge in [0.25, 0.3) is 0 Å². The lowest BCUT2D eigenvalue weighted by Gasteiger charge is -2.07. The van der Waals surface area contributed by atoms with E-state index in [0.29, 0.717) is 17.0 Å². The molecule has 5 nitrogen and oxygen atoms in total. The molecule has 3 N–H and O–H groups in total. The van der Waals surface area contributed by atoms with Crippen molar-refractivity contribution in [2.24, 2.45) is 5.73 Å². The minimum atomic E-state index is -3.17. The Labute approximate surface area is 123 Å². The van der Waals surface area contributed by atoms with Crippen LogP contribution in [-0.2, 0) is 16.4 Å². The first-order valence-corrected chi connectivity index (χ1v) is 8.18. The molecule has 0 aliphatic rings. The molecule has 0 fully saturated rings. The number of nitrogens with one attached hydrogen (secondary N) is 1. The number of primary amides is 1. The Bertz CT molecular complexity index is 735. The maximum Gasteiger partial charge on any atom is 0.248 e. The summed E-state index contributed by atoms with van der Waals surface area (Å²) in [7, 11) is -3.17. The van der Waals surface area contributed by atoms with Gasteiger partial charge in [0.05, 0.1) is 4.90 Å². The third-order valence-corrected chi connectivity index (χ3v) is 4.15. The summed E-state index contributed by atoms with van der Waals surface area (Å²) in [6, 6.07) is 13.5. The Hall–Kier alpha value is -2.34. The van der Waals surface area contributed by atoms with E-state index < -0.39 is 15.7 Å². The summed E-state index contributed by atoms with van der Waals surface area (Å²) in [6.45, 7) is 0.567. The van der Waals surface area contributed by atoms with Crippen molar-refractivity contribution in [2.75, 3.05) is 11.6 Å². The van der Waals surface area contributed by atoms with Crippen molar-refractivity contribution in [3.8, 4) is 0 Å². The normalized spacial score (nSPS) is 11.1. The third-order valence-electron chi connectivity index (χ3n) is 3.02. The molecule has 2 aromatic carbocycles. The van der Waals surface area contributed by atoms with E-state index in [1.165, 1.54) is 6.26 Å². The third kappa shape index (κ3) is 4.06. The highest BCUT2D eigenvalue weighted by molar-refractivity contribution is 7.90. The molecule has 6 heteroatoms. The van der Waals surface area contributed by atoms with Crippen LogP contribution in [0.25, 0.3) is 0 Å². The number of hydrogen-bond donors (Lipinski definition) is 2. The van der Waals surface area contributed by atoms with E-state index in [-0.39, 0.29) is 0 Å². The van der Waals surface area contributed by atoms with E-state index in [0.717, 1.165) is 11.3 Å². The van der Waals surface area contributed by atoms with Crippen molar-refractivity contribution in [1.82, 2.24) is 0 Å². The second-order valence-electron chi connectivity index (χ2n) is 4.71. The summed E-state index contributed by atoms with van der Waals surface area (Å²) >= 11 is 0. The SMILES string of the molecule is CS(=O)(=O)c1ccc(NCc2ccc(C(N)=O)cc2)cc1. The minimum Gasteiger partial charge on any atom is -0.381 e. The average molecular weight is 304 g/mol. The van der Waals surface area contributed by atoms with E-state index in [1.54, 1.807) is 36.4 Å². The van der Waals surface area contributed by atoms with Gasteiger partial charge >= 0.3 is 0 Å². The Morgan fingerprint density at radius 2 is 1.62 bits per heavy atom. The molecule has 0 atom stereocenters. The highest BCUT2D eigenvalue weighted by Crippen LogP contribution is 2.15. The molecule has 0 saturated heterocycles. The topological polar surface area (TPSA) is 89.3 Å². The molecule has 0 aliphatic heterocycles. The summed E-state index contributed by atoms with van der Waals surface area (Å²) < 4.78 is 22.7. The number of carbonyl (C=O) groups excluding carboxylic acids is 1. The monoisotopic (exact) mass is 304 g/mol. The van der Waals surface area contributed by atoms with E-state index in [2.05, 4.69) is 5.32 Å². The largest absolute Gasteiger partial charge is 0.381 e. The van der Waals surface area contributed by atoms with E-state index in [9.17, 15) is 13.2 Å². The molecule has 0 heterocycles. The van der Waals surface area contributed by atoms with Gasteiger partial charge in [0.15, 0.2) is 9.84 Å². The molecule has 1 amide bonds. The van der Waals surface area contributed by atoms with Crippen LogP contribution in [-0.4, -0.2) is 20.6 Å². The standard InChI is InChI=1S/C15H16N2O3S/c1-21(19,20)14-8-6-13(7-9-14)17-10-11-2-4-12(5-3-11)15(16)18/h2-9,17H,10H2,1H3,(H2,16,18). The highest BCUT2D eigenvalue weighted by Gasteiger charge is 2.06.